The summed E-state index contributed by atoms with van der Waals surface area (Å²) >= 11 is 0. The van der Waals surface area contributed by atoms with E-state index in [1.54, 1.807) is 0 Å². The van der Waals surface area contributed by atoms with E-state index in [9.17, 15) is 9.90 Å². The van der Waals surface area contributed by atoms with Gasteiger partial charge in [0.2, 0.25) is 0 Å². The second-order valence-corrected chi connectivity index (χ2v) is 9.31. The predicted molar refractivity (Wildman–Crippen MR) is 97.3 cm³/mol. The Morgan fingerprint density at radius 1 is 1.09 bits per heavy atom. The first-order chi connectivity index (χ1) is 10.4. The zero-order valence-corrected chi connectivity index (χ0v) is 16.7. The van der Waals surface area contributed by atoms with Crippen LogP contribution in [0.2, 0.25) is 0 Å². The average Bonchev–Trinajstić information content (AvgIpc) is 2.37. The van der Waals surface area contributed by atoms with Gasteiger partial charge in [-0.1, -0.05) is 61.3 Å². The maximum atomic E-state index is 11.5. The maximum Gasteiger partial charge on any atom is 0.305 e. The number of aliphatic hydroxyl groups excluding tert-OH is 1. The fourth-order valence-electron chi connectivity index (χ4n) is 3.43. The fraction of sp³-hybridized carbons (Fsp3) is 0.950. The number of esters is 1. The molecule has 0 aromatic rings. The van der Waals surface area contributed by atoms with E-state index in [1.165, 1.54) is 7.11 Å². The Morgan fingerprint density at radius 2 is 1.65 bits per heavy atom. The van der Waals surface area contributed by atoms with Gasteiger partial charge < -0.3 is 9.84 Å². The van der Waals surface area contributed by atoms with Crippen molar-refractivity contribution in [2.24, 2.45) is 22.7 Å². The standard InChI is InChI=1S/C20H40O3/c1-9-10-15(11-12-18(22)23-8)13-16(20(5,6)7)17(21)14-19(2,3)4/h15-17,21H,9-14H2,1-8H3. The highest BCUT2D eigenvalue weighted by Gasteiger charge is 2.35. The van der Waals surface area contributed by atoms with Gasteiger partial charge in [-0.2, -0.15) is 0 Å². The molecule has 138 valence electrons. The molecule has 0 rings (SSSR count). The molecule has 0 spiro atoms. The lowest BCUT2D eigenvalue weighted by atomic mass is 9.69. The van der Waals surface area contributed by atoms with Gasteiger partial charge in [0.1, 0.15) is 0 Å². The Hall–Kier alpha value is -0.570. The van der Waals surface area contributed by atoms with Crippen LogP contribution in [0.25, 0.3) is 0 Å². The molecule has 0 aliphatic rings. The van der Waals surface area contributed by atoms with E-state index in [1.807, 2.05) is 0 Å². The molecule has 0 aliphatic heterocycles. The minimum Gasteiger partial charge on any atom is -0.469 e. The molecule has 3 heteroatoms. The third-order valence-electron chi connectivity index (χ3n) is 4.67. The maximum absolute atomic E-state index is 11.5. The van der Waals surface area contributed by atoms with Crippen molar-refractivity contribution in [3.8, 4) is 0 Å². The molecule has 0 aliphatic carbocycles. The summed E-state index contributed by atoms with van der Waals surface area (Å²) in [5.74, 6) is 0.586. The highest BCUT2D eigenvalue weighted by Crippen LogP contribution is 2.39. The molecule has 0 saturated carbocycles. The van der Waals surface area contributed by atoms with Crippen molar-refractivity contribution in [3.63, 3.8) is 0 Å². The first kappa shape index (κ1) is 22.4. The van der Waals surface area contributed by atoms with E-state index >= 15 is 0 Å². The summed E-state index contributed by atoms with van der Waals surface area (Å²) in [5.41, 5.74) is 0.178. The van der Waals surface area contributed by atoms with Crippen LogP contribution in [0.15, 0.2) is 0 Å². The van der Waals surface area contributed by atoms with E-state index < -0.39 is 0 Å². The minimum atomic E-state index is -0.299. The normalized spacial score (nSPS) is 16.7. The molecular weight excluding hydrogens is 288 g/mol. The molecule has 0 fully saturated rings. The SMILES string of the molecule is CCCC(CCC(=O)OC)CC(C(O)CC(C)(C)C)C(C)(C)C. The highest BCUT2D eigenvalue weighted by atomic mass is 16.5. The van der Waals surface area contributed by atoms with Gasteiger partial charge >= 0.3 is 5.97 Å². The summed E-state index contributed by atoms with van der Waals surface area (Å²) in [4.78, 5) is 11.5. The number of hydrogen-bond acceptors (Lipinski definition) is 3. The smallest absolute Gasteiger partial charge is 0.305 e. The first-order valence-electron chi connectivity index (χ1n) is 9.15. The number of aliphatic hydroxyl groups is 1. The van der Waals surface area contributed by atoms with Crippen LogP contribution in [0, 0.1) is 22.7 Å². The third kappa shape index (κ3) is 10.0. The van der Waals surface area contributed by atoms with E-state index in [4.69, 9.17) is 4.74 Å². The van der Waals surface area contributed by atoms with Crippen molar-refractivity contribution in [3.05, 3.63) is 0 Å². The molecule has 0 aromatic carbocycles. The molecule has 1 N–H and O–H groups in total. The second kappa shape index (κ2) is 9.66. The number of rotatable bonds is 9. The van der Waals surface area contributed by atoms with E-state index in [0.717, 1.165) is 32.1 Å². The van der Waals surface area contributed by atoms with Crippen molar-refractivity contribution >= 4 is 5.97 Å². The minimum absolute atomic E-state index is 0.0575. The molecule has 0 amide bonds. The van der Waals surface area contributed by atoms with Gasteiger partial charge in [0.15, 0.2) is 0 Å². The lowest BCUT2D eigenvalue weighted by molar-refractivity contribution is -0.141. The molecule has 3 nitrogen and oxygen atoms in total. The van der Waals surface area contributed by atoms with Crippen molar-refractivity contribution in [2.45, 2.75) is 93.1 Å². The Balaban J connectivity index is 4.97. The van der Waals surface area contributed by atoms with Crippen LogP contribution in [0.1, 0.15) is 87.0 Å². The van der Waals surface area contributed by atoms with Gasteiger partial charge in [-0.05, 0) is 41.9 Å². The summed E-state index contributed by atoms with van der Waals surface area (Å²) in [7, 11) is 1.45. The summed E-state index contributed by atoms with van der Waals surface area (Å²) < 4.78 is 4.78. The number of carbonyl (C=O) groups is 1. The predicted octanol–water partition coefficient (Wildman–Crippen LogP) is 5.21. The Kier molecular flexibility index (Phi) is 9.42. The summed E-state index contributed by atoms with van der Waals surface area (Å²) in [6, 6.07) is 0. The Labute approximate surface area is 144 Å². The zero-order chi connectivity index (χ0) is 18.3. The van der Waals surface area contributed by atoms with Crippen LogP contribution in [0.4, 0.5) is 0 Å². The molecule has 23 heavy (non-hydrogen) atoms. The quantitative estimate of drug-likeness (QED) is 0.591. The van der Waals surface area contributed by atoms with Gasteiger partial charge in [0.25, 0.3) is 0 Å². The van der Waals surface area contributed by atoms with Crippen LogP contribution in [-0.2, 0) is 9.53 Å². The molecule has 0 bridgehead atoms. The van der Waals surface area contributed by atoms with Crippen LogP contribution >= 0.6 is 0 Å². The van der Waals surface area contributed by atoms with Crippen molar-refractivity contribution in [2.75, 3.05) is 7.11 Å². The van der Waals surface area contributed by atoms with Gasteiger partial charge in [-0.3, -0.25) is 4.79 Å². The fourth-order valence-corrected chi connectivity index (χ4v) is 3.43. The van der Waals surface area contributed by atoms with Crippen molar-refractivity contribution < 1.29 is 14.6 Å². The number of ether oxygens (including phenoxy) is 1. The van der Waals surface area contributed by atoms with Crippen molar-refractivity contribution in [1.82, 2.24) is 0 Å². The topological polar surface area (TPSA) is 46.5 Å². The zero-order valence-electron chi connectivity index (χ0n) is 16.7. The molecule has 0 aromatic heterocycles. The molecule has 0 saturated heterocycles. The summed E-state index contributed by atoms with van der Waals surface area (Å²) in [6.07, 6.45) is 5.04. The van der Waals surface area contributed by atoms with Crippen LogP contribution in [-0.4, -0.2) is 24.3 Å². The molecule has 3 atom stereocenters. The lowest BCUT2D eigenvalue weighted by Gasteiger charge is -2.39. The van der Waals surface area contributed by atoms with Gasteiger partial charge in [-0.25, -0.2) is 0 Å². The lowest BCUT2D eigenvalue weighted by Crippen LogP contribution is -2.36. The van der Waals surface area contributed by atoms with Gasteiger partial charge in [0.05, 0.1) is 13.2 Å². The average molecular weight is 329 g/mol. The van der Waals surface area contributed by atoms with Crippen molar-refractivity contribution in [1.29, 1.82) is 0 Å². The second-order valence-electron chi connectivity index (χ2n) is 9.31. The van der Waals surface area contributed by atoms with Gasteiger partial charge in [-0.15, -0.1) is 0 Å². The van der Waals surface area contributed by atoms with E-state index in [2.05, 4.69) is 48.5 Å². The number of carbonyl (C=O) groups excluding carboxylic acids is 1. The van der Waals surface area contributed by atoms with Gasteiger partial charge in [0, 0.05) is 6.42 Å². The number of methoxy groups -OCH3 is 1. The molecule has 0 heterocycles. The monoisotopic (exact) mass is 328 g/mol. The van der Waals surface area contributed by atoms with Crippen LogP contribution < -0.4 is 0 Å². The number of hydrogen-bond donors (Lipinski definition) is 1. The third-order valence-corrected chi connectivity index (χ3v) is 4.67. The van der Waals surface area contributed by atoms with E-state index in [-0.39, 0.29) is 28.8 Å². The Morgan fingerprint density at radius 3 is 2.04 bits per heavy atom. The summed E-state index contributed by atoms with van der Waals surface area (Å²) in [6.45, 7) is 15.4. The van der Waals surface area contributed by atoms with Crippen LogP contribution in [0.3, 0.4) is 0 Å². The van der Waals surface area contributed by atoms with E-state index in [0.29, 0.717) is 12.3 Å². The molecule has 3 unspecified atom stereocenters. The first-order valence-corrected chi connectivity index (χ1v) is 9.15. The molecule has 0 radical (unpaired) electrons. The highest BCUT2D eigenvalue weighted by molar-refractivity contribution is 5.69. The molecular formula is C20H40O3. The Bertz CT molecular complexity index is 336. The van der Waals surface area contributed by atoms with Crippen LogP contribution in [0.5, 0.6) is 0 Å². The largest absolute Gasteiger partial charge is 0.469 e. The summed E-state index contributed by atoms with van der Waals surface area (Å²) in [5, 5.41) is 10.8.